The van der Waals surface area contributed by atoms with Crippen molar-refractivity contribution in [2.45, 2.75) is 6.42 Å². The number of benzene rings is 1. The Morgan fingerprint density at radius 1 is 1.14 bits per heavy atom. The van der Waals surface area contributed by atoms with Crippen molar-refractivity contribution in [1.82, 2.24) is 5.01 Å². The van der Waals surface area contributed by atoms with Crippen LogP contribution < -0.4 is 0 Å². The van der Waals surface area contributed by atoms with Crippen molar-refractivity contribution in [2.24, 2.45) is 28.8 Å². The summed E-state index contributed by atoms with van der Waals surface area (Å²) < 4.78 is 5.69. The fourth-order valence-electron chi connectivity index (χ4n) is 4.53. The van der Waals surface area contributed by atoms with E-state index in [4.69, 9.17) is 21.1 Å². The number of carboxylic acids is 1. The minimum absolute atomic E-state index is 0.00354. The number of amides is 2. The number of hydrogen-bond donors (Lipinski definition) is 1. The summed E-state index contributed by atoms with van der Waals surface area (Å²) in [6.45, 7) is 0. The summed E-state index contributed by atoms with van der Waals surface area (Å²) in [5.41, 5.74) is 0.606. The molecule has 2 heterocycles. The van der Waals surface area contributed by atoms with E-state index in [1.165, 1.54) is 18.3 Å². The van der Waals surface area contributed by atoms with Crippen LogP contribution in [-0.2, 0) is 9.59 Å². The van der Waals surface area contributed by atoms with E-state index in [-0.39, 0.29) is 46.1 Å². The van der Waals surface area contributed by atoms with Crippen molar-refractivity contribution in [2.75, 3.05) is 0 Å². The third-order valence-electron chi connectivity index (χ3n) is 5.86. The molecule has 1 aromatic carbocycles. The molecule has 2 fully saturated rings. The number of imide groups is 1. The Hall–Kier alpha value is -3.19. The second-order valence-electron chi connectivity index (χ2n) is 7.43. The van der Waals surface area contributed by atoms with E-state index in [0.717, 1.165) is 11.4 Å². The highest BCUT2D eigenvalue weighted by molar-refractivity contribution is 6.33. The fraction of sp³-hybridized carbons (Fsp3) is 0.238. The zero-order chi connectivity index (χ0) is 20.3. The Balaban J connectivity index is 1.35. The second kappa shape index (κ2) is 6.42. The van der Waals surface area contributed by atoms with Crippen molar-refractivity contribution in [1.29, 1.82) is 0 Å². The van der Waals surface area contributed by atoms with Crippen LogP contribution in [0.25, 0.3) is 11.3 Å². The van der Waals surface area contributed by atoms with E-state index >= 15 is 0 Å². The zero-order valence-electron chi connectivity index (χ0n) is 15.0. The summed E-state index contributed by atoms with van der Waals surface area (Å²) >= 11 is 6.00. The lowest BCUT2D eigenvalue weighted by Crippen LogP contribution is -2.28. The molecule has 4 atom stereocenters. The molecule has 1 saturated carbocycles. The van der Waals surface area contributed by atoms with Gasteiger partial charge in [-0.25, -0.2) is 4.79 Å². The standard InChI is InChI=1S/C21H15ClN2O5/c22-15-8-10(3-5-14(15)21(27)28)16-6-4-13(29-16)9-23-24-19(25)17-11-1-2-12(7-11)18(17)20(24)26/h1-6,8-9,11-12,17-18H,7H2,(H,27,28)/t11-,12-,17-,18+/m0/s1. The molecule has 0 radical (unpaired) electrons. The van der Waals surface area contributed by atoms with E-state index < -0.39 is 5.97 Å². The van der Waals surface area contributed by atoms with Crippen molar-refractivity contribution in [3.63, 3.8) is 0 Å². The average Bonchev–Trinajstić information content (AvgIpc) is 3.45. The molecule has 3 aliphatic rings. The van der Waals surface area contributed by atoms with Gasteiger partial charge < -0.3 is 9.52 Å². The molecule has 2 aliphatic carbocycles. The van der Waals surface area contributed by atoms with Gasteiger partial charge in [-0.1, -0.05) is 29.8 Å². The molecule has 1 aliphatic heterocycles. The number of aromatic carboxylic acids is 1. The number of fused-ring (bicyclic) bond motifs is 5. The van der Waals surface area contributed by atoms with Crippen LogP contribution in [0.1, 0.15) is 22.5 Å². The van der Waals surface area contributed by atoms with Crippen LogP contribution in [-0.4, -0.2) is 34.1 Å². The molecular weight excluding hydrogens is 396 g/mol. The number of carboxylic acid groups (broad SMARTS) is 1. The Morgan fingerprint density at radius 3 is 2.45 bits per heavy atom. The normalized spacial score (nSPS) is 27.4. The first-order chi connectivity index (χ1) is 13.9. The second-order valence-corrected chi connectivity index (χ2v) is 7.84. The third-order valence-corrected chi connectivity index (χ3v) is 6.17. The number of halogens is 1. The number of hydrogen-bond acceptors (Lipinski definition) is 5. The molecule has 1 saturated heterocycles. The Labute approximate surface area is 170 Å². The monoisotopic (exact) mass is 410 g/mol. The number of nitrogens with zero attached hydrogens (tertiary/aromatic N) is 2. The first-order valence-electron chi connectivity index (χ1n) is 9.17. The van der Waals surface area contributed by atoms with E-state index in [1.54, 1.807) is 18.2 Å². The maximum Gasteiger partial charge on any atom is 0.337 e. The lowest BCUT2D eigenvalue weighted by atomic mass is 9.85. The lowest BCUT2D eigenvalue weighted by molar-refractivity contribution is -0.140. The summed E-state index contributed by atoms with van der Waals surface area (Å²) in [5, 5.41) is 14.2. The Morgan fingerprint density at radius 2 is 1.83 bits per heavy atom. The minimum atomic E-state index is -1.11. The number of rotatable bonds is 4. The number of furan rings is 1. The summed E-state index contributed by atoms with van der Waals surface area (Å²) in [4.78, 5) is 36.3. The van der Waals surface area contributed by atoms with E-state index in [9.17, 15) is 14.4 Å². The smallest absolute Gasteiger partial charge is 0.337 e. The van der Waals surface area contributed by atoms with Crippen molar-refractivity contribution < 1.29 is 23.9 Å². The highest BCUT2D eigenvalue weighted by Crippen LogP contribution is 2.52. The van der Waals surface area contributed by atoms with E-state index in [2.05, 4.69) is 5.10 Å². The highest BCUT2D eigenvalue weighted by Gasteiger charge is 2.59. The van der Waals surface area contributed by atoms with Crippen LogP contribution in [0.4, 0.5) is 0 Å². The highest BCUT2D eigenvalue weighted by atomic mass is 35.5. The molecule has 1 aromatic heterocycles. The third kappa shape index (κ3) is 2.73. The van der Waals surface area contributed by atoms with Crippen molar-refractivity contribution in [3.05, 3.63) is 58.8 Å². The molecule has 146 valence electrons. The quantitative estimate of drug-likeness (QED) is 0.472. The van der Waals surface area contributed by atoms with Gasteiger partial charge in [-0.05, 0) is 42.5 Å². The van der Waals surface area contributed by atoms with Gasteiger partial charge in [0, 0.05) is 5.56 Å². The molecular formula is C21H15ClN2O5. The van der Waals surface area contributed by atoms with Crippen LogP contribution in [0.2, 0.25) is 5.02 Å². The van der Waals surface area contributed by atoms with Gasteiger partial charge in [0.05, 0.1) is 28.6 Å². The van der Waals surface area contributed by atoms with Crippen LogP contribution in [0, 0.1) is 23.7 Å². The maximum absolute atomic E-state index is 12.6. The SMILES string of the molecule is O=C(O)c1ccc(-c2ccc(C=NN3C(=O)[C@@H]4[C@H](C3=O)[C@H]3C=C[C@H]4C3)o2)cc1Cl. The average molecular weight is 411 g/mol. The summed E-state index contributed by atoms with van der Waals surface area (Å²) in [6, 6.07) is 7.82. The Kier molecular flexibility index (Phi) is 3.96. The molecule has 0 unspecified atom stereocenters. The molecule has 8 heteroatoms. The van der Waals surface area contributed by atoms with Gasteiger partial charge in [0.25, 0.3) is 11.8 Å². The van der Waals surface area contributed by atoms with Crippen LogP contribution >= 0.6 is 11.6 Å². The number of carbonyl (C=O) groups is 3. The van der Waals surface area contributed by atoms with Crippen LogP contribution in [0.3, 0.4) is 0 Å². The largest absolute Gasteiger partial charge is 0.478 e. The molecule has 2 bridgehead atoms. The molecule has 5 rings (SSSR count). The van der Waals surface area contributed by atoms with Gasteiger partial charge in [0.2, 0.25) is 0 Å². The first kappa shape index (κ1) is 17.9. The van der Waals surface area contributed by atoms with E-state index in [1.807, 2.05) is 12.2 Å². The fourth-order valence-corrected chi connectivity index (χ4v) is 4.80. The maximum atomic E-state index is 12.6. The van der Waals surface area contributed by atoms with Crippen LogP contribution in [0.15, 0.2) is 52.0 Å². The van der Waals surface area contributed by atoms with Gasteiger partial charge in [-0.3, -0.25) is 9.59 Å². The van der Waals surface area contributed by atoms with Crippen molar-refractivity contribution in [3.8, 4) is 11.3 Å². The minimum Gasteiger partial charge on any atom is -0.478 e. The summed E-state index contributed by atoms with van der Waals surface area (Å²) in [5.74, 6) is -1.12. The summed E-state index contributed by atoms with van der Waals surface area (Å²) in [6.07, 6.45) is 6.27. The molecule has 2 aromatic rings. The van der Waals surface area contributed by atoms with Crippen LogP contribution in [0.5, 0.6) is 0 Å². The zero-order valence-corrected chi connectivity index (χ0v) is 15.7. The van der Waals surface area contributed by atoms with Crippen molar-refractivity contribution >= 4 is 35.6 Å². The van der Waals surface area contributed by atoms with Gasteiger partial charge >= 0.3 is 5.97 Å². The van der Waals surface area contributed by atoms with Gasteiger partial charge in [0.15, 0.2) is 0 Å². The van der Waals surface area contributed by atoms with Gasteiger partial charge in [-0.2, -0.15) is 10.1 Å². The molecule has 2 amide bonds. The number of carbonyl (C=O) groups excluding carboxylic acids is 2. The first-order valence-corrected chi connectivity index (χ1v) is 9.55. The van der Waals surface area contributed by atoms with Gasteiger partial charge in [0.1, 0.15) is 11.5 Å². The lowest BCUT2D eigenvalue weighted by Gasteiger charge is -2.13. The predicted molar refractivity (Wildman–Crippen MR) is 103 cm³/mol. The van der Waals surface area contributed by atoms with E-state index in [0.29, 0.717) is 17.1 Å². The summed E-state index contributed by atoms with van der Waals surface area (Å²) in [7, 11) is 0. The molecule has 1 N–H and O–H groups in total. The molecule has 7 nitrogen and oxygen atoms in total. The topological polar surface area (TPSA) is 100 Å². The molecule has 29 heavy (non-hydrogen) atoms. The predicted octanol–water partition coefficient (Wildman–Crippen LogP) is 3.44. The molecule has 0 spiro atoms. The Bertz CT molecular complexity index is 1090. The number of hydrazone groups is 1. The number of allylic oxidation sites excluding steroid dienone is 2. The van der Waals surface area contributed by atoms with Gasteiger partial charge in [-0.15, -0.1) is 0 Å².